The molecule has 4 nitrogen and oxygen atoms in total. The fourth-order valence-corrected chi connectivity index (χ4v) is 4.11. The Labute approximate surface area is 132 Å². The zero-order chi connectivity index (χ0) is 14.9. The molecule has 3 aliphatic heterocycles. The molecule has 1 N–H and O–H groups in total. The van der Waals surface area contributed by atoms with E-state index in [1.807, 2.05) is 0 Å². The lowest BCUT2D eigenvalue weighted by molar-refractivity contribution is 0.114. The number of nitrogens with one attached hydrogen (secondary N) is 1. The minimum absolute atomic E-state index is 0.394. The van der Waals surface area contributed by atoms with Crippen LogP contribution >= 0.6 is 0 Å². The number of ether oxygens (including phenoxy) is 2. The largest absolute Gasteiger partial charge is 0.490 e. The topological polar surface area (TPSA) is 33.7 Å². The van der Waals surface area contributed by atoms with Gasteiger partial charge in [0.25, 0.3) is 0 Å². The van der Waals surface area contributed by atoms with Crippen molar-refractivity contribution in [3.05, 3.63) is 22.8 Å². The fourth-order valence-electron chi connectivity index (χ4n) is 4.11. The number of fused-ring (bicyclic) bond motifs is 2. The van der Waals surface area contributed by atoms with Crippen molar-refractivity contribution in [2.45, 2.75) is 38.7 Å². The van der Waals surface area contributed by atoms with E-state index in [9.17, 15) is 0 Å². The Morgan fingerprint density at radius 2 is 2.18 bits per heavy atom. The van der Waals surface area contributed by atoms with Crippen LogP contribution < -0.4 is 15.0 Å². The molecule has 0 radical (unpaired) electrons. The van der Waals surface area contributed by atoms with E-state index in [4.69, 9.17) is 9.47 Å². The van der Waals surface area contributed by atoms with Gasteiger partial charge in [0.15, 0.2) is 0 Å². The quantitative estimate of drug-likeness (QED) is 0.907. The van der Waals surface area contributed by atoms with Crippen molar-refractivity contribution >= 4 is 5.69 Å². The lowest BCUT2D eigenvalue weighted by Gasteiger charge is -2.35. The van der Waals surface area contributed by atoms with E-state index in [0.717, 1.165) is 58.0 Å². The summed E-state index contributed by atoms with van der Waals surface area (Å²) in [6.45, 7) is 8.14. The van der Waals surface area contributed by atoms with Gasteiger partial charge in [0, 0.05) is 13.2 Å². The van der Waals surface area contributed by atoms with Crippen molar-refractivity contribution in [3.8, 4) is 5.75 Å². The zero-order valence-corrected chi connectivity index (χ0v) is 13.5. The van der Waals surface area contributed by atoms with Crippen LogP contribution in [0.5, 0.6) is 5.75 Å². The van der Waals surface area contributed by atoms with Crippen molar-refractivity contribution in [2.24, 2.45) is 0 Å². The lowest BCUT2D eigenvalue weighted by Crippen LogP contribution is -2.39. The Balaban J connectivity index is 1.68. The SMILES string of the molecule is Cc1c2c(cc3c1N(C[C@H]1CCCO1)CCO3)CCNCC2. The molecule has 1 atom stereocenters. The average molecular weight is 302 g/mol. The van der Waals surface area contributed by atoms with Gasteiger partial charge in [-0.15, -0.1) is 0 Å². The van der Waals surface area contributed by atoms with Crippen molar-refractivity contribution in [3.63, 3.8) is 0 Å². The maximum atomic E-state index is 6.00. The summed E-state index contributed by atoms with van der Waals surface area (Å²) in [4.78, 5) is 2.50. The third-order valence-electron chi connectivity index (χ3n) is 5.24. The van der Waals surface area contributed by atoms with Crippen LogP contribution in [0.25, 0.3) is 0 Å². The summed E-state index contributed by atoms with van der Waals surface area (Å²) in [5.41, 5.74) is 5.75. The number of hydrogen-bond acceptors (Lipinski definition) is 4. The highest BCUT2D eigenvalue weighted by Gasteiger charge is 2.27. The van der Waals surface area contributed by atoms with Gasteiger partial charge in [-0.3, -0.25) is 0 Å². The Hall–Kier alpha value is -1.26. The first-order valence-corrected chi connectivity index (χ1v) is 8.68. The molecule has 0 spiro atoms. The second kappa shape index (κ2) is 6.09. The molecular formula is C18H26N2O2. The second-order valence-corrected chi connectivity index (χ2v) is 6.67. The number of nitrogens with zero attached hydrogens (tertiary/aromatic N) is 1. The van der Waals surface area contributed by atoms with E-state index in [0.29, 0.717) is 6.10 Å². The highest BCUT2D eigenvalue weighted by molar-refractivity contribution is 5.69. The Kier molecular flexibility index (Phi) is 3.97. The molecule has 4 heteroatoms. The van der Waals surface area contributed by atoms with Crippen LogP contribution in [-0.4, -0.2) is 45.5 Å². The maximum Gasteiger partial charge on any atom is 0.143 e. The van der Waals surface area contributed by atoms with E-state index in [-0.39, 0.29) is 0 Å². The molecule has 1 aromatic rings. The highest BCUT2D eigenvalue weighted by Crippen LogP contribution is 2.39. The first-order chi connectivity index (χ1) is 10.8. The second-order valence-electron chi connectivity index (χ2n) is 6.67. The molecule has 1 saturated heterocycles. The number of benzene rings is 1. The van der Waals surface area contributed by atoms with Crippen LogP contribution in [0.1, 0.15) is 29.5 Å². The molecule has 120 valence electrons. The minimum atomic E-state index is 0.394. The Morgan fingerprint density at radius 1 is 1.27 bits per heavy atom. The first-order valence-electron chi connectivity index (χ1n) is 8.68. The average Bonchev–Trinajstić information content (AvgIpc) is 2.91. The number of hydrogen-bond donors (Lipinski definition) is 1. The van der Waals surface area contributed by atoms with Gasteiger partial charge < -0.3 is 19.7 Å². The van der Waals surface area contributed by atoms with Gasteiger partial charge in [0.05, 0.1) is 18.3 Å². The first kappa shape index (κ1) is 14.3. The highest BCUT2D eigenvalue weighted by atomic mass is 16.5. The van der Waals surface area contributed by atoms with E-state index in [2.05, 4.69) is 23.2 Å². The number of anilines is 1. The Morgan fingerprint density at radius 3 is 3.05 bits per heavy atom. The summed E-state index contributed by atoms with van der Waals surface area (Å²) in [5.74, 6) is 1.09. The molecule has 3 heterocycles. The molecule has 0 aliphatic carbocycles. The van der Waals surface area contributed by atoms with Gasteiger partial charge >= 0.3 is 0 Å². The maximum absolute atomic E-state index is 6.00. The molecule has 22 heavy (non-hydrogen) atoms. The van der Waals surface area contributed by atoms with Gasteiger partial charge in [0.1, 0.15) is 12.4 Å². The monoisotopic (exact) mass is 302 g/mol. The molecule has 0 bridgehead atoms. The van der Waals surface area contributed by atoms with Crippen molar-refractivity contribution in [1.29, 1.82) is 0 Å². The van der Waals surface area contributed by atoms with Gasteiger partial charge in [-0.1, -0.05) is 0 Å². The van der Waals surface area contributed by atoms with E-state index in [1.165, 1.54) is 35.2 Å². The van der Waals surface area contributed by atoms with Crippen LogP contribution in [0.2, 0.25) is 0 Å². The molecule has 4 rings (SSSR count). The van der Waals surface area contributed by atoms with Crippen molar-refractivity contribution < 1.29 is 9.47 Å². The summed E-state index contributed by atoms with van der Waals surface area (Å²) in [6, 6.07) is 2.30. The smallest absolute Gasteiger partial charge is 0.143 e. The van der Waals surface area contributed by atoms with Crippen LogP contribution in [0.15, 0.2) is 6.07 Å². The molecule has 1 fully saturated rings. The van der Waals surface area contributed by atoms with Crippen LogP contribution in [-0.2, 0) is 17.6 Å². The van der Waals surface area contributed by atoms with Crippen LogP contribution in [0.4, 0.5) is 5.69 Å². The molecule has 1 aromatic carbocycles. The van der Waals surface area contributed by atoms with E-state index < -0.39 is 0 Å². The predicted molar refractivity (Wildman–Crippen MR) is 88.1 cm³/mol. The van der Waals surface area contributed by atoms with E-state index >= 15 is 0 Å². The number of rotatable bonds is 2. The standard InChI is InChI=1S/C18H26N2O2/c1-13-16-5-7-19-6-4-14(16)11-17-18(13)20(8-10-22-17)12-15-3-2-9-21-15/h11,15,19H,2-10,12H2,1H3/t15-/m1/s1. The van der Waals surface area contributed by atoms with Crippen LogP contribution in [0.3, 0.4) is 0 Å². The third kappa shape index (κ3) is 2.59. The van der Waals surface area contributed by atoms with E-state index in [1.54, 1.807) is 0 Å². The summed E-state index contributed by atoms with van der Waals surface area (Å²) >= 11 is 0. The molecular weight excluding hydrogens is 276 g/mol. The third-order valence-corrected chi connectivity index (χ3v) is 5.24. The molecule has 3 aliphatic rings. The normalized spacial score (nSPS) is 24.4. The zero-order valence-electron chi connectivity index (χ0n) is 13.5. The van der Waals surface area contributed by atoms with Gasteiger partial charge in [0.2, 0.25) is 0 Å². The lowest BCUT2D eigenvalue weighted by atomic mass is 9.94. The van der Waals surface area contributed by atoms with Crippen LogP contribution in [0, 0.1) is 6.92 Å². The van der Waals surface area contributed by atoms with Gasteiger partial charge in [-0.2, -0.15) is 0 Å². The van der Waals surface area contributed by atoms with Gasteiger partial charge in [-0.05, 0) is 68.5 Å². The molecule has 0 aromatic heterocycles. The van der Waals surface area contributed by atoms with Crippen molar-refractivity contribution in [1.82, 2.24) is 5.32 Å². The minimum Gasteiger partial charge on any atom is -0.490 e. The molecule has 0 amide bonds. The Bertz CT molecular complexity index is 553. The summed E-state index contributed by atoms with van der Waals surface area (Å²) in [7, 11) is 0. The summed E-state index contributed by atoms with van der Waals surface area (Å²) in [6.07, 6.45) is 5.03. The summed E-state index contributed by atoms with van der Waals surface area (Å²) in [5, 5.41) is 3.51. The predicted octanol–water partition coefficient (Wildman–Crippen LogP) is 2.06. The molecule has 0 unspecified atom stereocenters. The summed E-state index contributed by atoms with van der Waals surface area (Å²) < 4.78 is 11.9. The van der Waals surface area contributed by atoms with Crippen molar-refractivity contribution in [2.75, 3.05) is 44.3 Å². The fraction of sp³-hybridized carbons (Fsp3) is 0.667. The molecule has 0 saturated carbocycles. The van der Waals surface area contributed by atoms with Gasteiger partial charge in [-0.25, -0.2) is 0 Å².